The number of nitrogen functional groups attached to an aromatic ring is 1. The lowest BCUT2D eigenvalue weighted by Crippen LogP contribution is -2.47. The highest BCUT2D eigenvalue weighted by atomic mass is 16.4. The molecule has 0 atom stereocenters. The second-order valence-corrected chi connectivity index (χ2v) is 5.16. The number of hydrogen-bond donors (Lipinski definition) is 3. The summed E-state index contributed by atoms with van der Waals surface area (Å²) in [6, 6.07) is 7.17. The Labute approximate surface area is 117 Å². The number of benzene rings is 1. The van der Waals surface area contributed by atoms with Gasteiger partial charge in [-0.1, -0.05) is 18.6 Å². The Kier molecular flexibility index (Phi) is 4.08. The highest BCUT2D eigenvalue weighted by Gasteiger charge is 2.44. The Morgan fingerprint density at radius 1 is 1.40 bits per heavy atom. The number of hydrogen-bond acceptors (Lipinski definition) is 3. The lowest BCUT2D eigenvalue weighted by molar-refractivity contribution is -0.154. The maximum atomic E-state index is 11.7. The normalized spacial score (nSPS) is 16.6. The minimum absolute atomic E-state index is 0.183. The van der Waals surface area contributed by atoms with Gasteiger partial charge in [0.1, 0.15) is 0 Å². The van der Waals surface area contributed by atoms with Crippen LogP contribution in [0.2, 0.25) is 0 Å². The van der Waals surface area contributed by atoms with Gasteiger partial charge in [-0.3, -0.25) is 9.59 Å². The van der Waals surface area contributed by atoms with Crippen molar-refractivity contribution in [2.75, 3.05) is 12.3 Å². The number of nitrogens with one attached hydrogen (secondary N) is 1. The summed E-state index contributed by atoms with van der Waals surface area (Å²) in [5.41, 5.74) is 6.34. The molecule has 1 amide bonds. The maximum absolute atomic E-state index is 11.7. The second kappa shape index (κ2) is 5.77. The van der Waals surface area contributed by atoms with E-state index in [1.807, 2.05) is 6.07 Å². The fraction of sp³-hybridized carbons (Fsp3) is 0.333. The number of amides is 1. The number of carboxylic acid groups (broad SMARTS) is 1. The number of carbonyl (C=O) groups is 2. The molecule has 0 radical (unpaired) electrons. The van der Waals surface area contributed by atoms with Crippen LogP contribution in [0.3, 0.4) is 0 Å². The van der Waals surface area contributed by atoms with Gasteiger partial charge in [0.25, 0.3) is 0 Å². The largest absolute Gasteiger partial charge is 0.481 e. The molecule has 1 aromatic rings. The number of carboxylic acids is 1. The zero-order valence-electron chi connectivity index (χ0n) is 11.1. The van der Waals surface area contributed by atoms with E-state index < -0.39 is 11.4 Å². The lowest BCUT2D eigenvalue weighted by Gasteiger charge is -2.37. The van der Waals surface area contributed by atoms with Gasteiger partial charge in [0.05, 0.1) is 5.41 Å². The Hall–Kier alpha value is -2.30. The SMILES string of the molecule is Nc1cccc(/C=C/C(=O)NCC2(C(=O)O)CCC2)c1. The zero-order chi connectivity index (χ0) is 14.6. The Morgan fingerprint density at radius 3 is 2.70 bits per heavy atom. The topological polar surface area (TPSA) is 92.4 Å². The first kappa shape index (κ1) is 14.1. The van der Waals surface area contributed by atoms with Gasteiger partial charge >= 0.3 is 5.97 Å². The van der Waals surface area contributed by atoms with Crippen LogP contribution in [0.1, 0.15) is 24.8 Å². The van der Waals surface area contributed by atoms with Crippen molar-refractivity contribution < 1.29 is 14.7 Å². The Balaban J connectivity index is 1.88. The summed E-state index contributed by atoms with van der Waals surface area (Å²) in [5.74, 6) is -1.12. The molecule has 1 aromatic carbocycles. The highest BCUT2D eigenvalue weighted by molar-refractivity contribution is 5.92. The van der Waals surface area contributed by atoms with E-state index in [9.17, 15) is 9.59 Å². The molecule has 2 rings (SSSR count). The van der Waals surface area contributed by atoms with Crippen LogP contribution in [0.15, 0.2) is 30.3 Å². The number of rotatable bonds is 5. The van der Waals surface area contributed by atoms with Crippen LogP contribution in [-0.2, 0) is 9.59 Å². The summed E-state index contributed by atoms with van der Waals surface area (Å²) in [6.07, 6.45) is 5.20. The zero-order valence-corrected chi connectivity index (χ0v) is 11.1. The molecule has 0 bridgehead atoms. The van der Waals surface area contributed by atoms with E-state index in [0.717, 1.165) is 12.0 Å². The number of aliphatic carboxylic acids is 1. The number of nitrogens with two attached hydrogens (primary N) is 1. The van der Waals surface area contributed by atoms with Crippen molar-refractivity contribution in [3.63, 3.8) is 0 Å². The molecule has 1 saturated carbocycles. The average Bonchev–Trinajstić information content (AvgIpc) is 2.34. The minimum atomic E-state index is -0.830. The lowest BCUT2D eigenvalue weighted by atomic mass is 9.69. The summed E-state index contributed by atoms with van der Waals surface area (Å²) >= 11 is 0. The van der Waals surface area contributed by atoms with E-state index in [0.29, 0.717) is 18.5 Å². The van der Waals surface area contributed by atoms with Crippen molar-refractivity contribution in [3.8, 4) is 0 Å². The smallest absolute Gasteiger partial charge is 0.311 e. The fourth-order valence-electron chi connectivity index (χ4n) is 2.22. The molecule has 106 valence electrons. The third-order valence-corrected chi connectivity index (χ3v) is 3.70. The van der Waals surface area contributed by atoms with E-state index in [1.165, 1.54) is 6.08 Å². The molecule has 1 aliphatic rings. The molecular weight excluding hydrogens is 256 g/mol. The third kappa shape index (κ3) is 3.17. The van der Waals surface area contributed by atoms with Gasteiger partial charge in [-0.05, 0) is 36.6 Å². The van der Waals surface area contributed by atoms with Gasteiger partial charge in [-0.15, -0.1) is 0 Å². The van der Waals surface area contributed by atoms with Crippen LogP contribution in [0.5, 0.6) is 0 Å². The van der Waals surface area contributed by atoms with Crippen LogP contribution in [0.4, 0.5) is 5.69 Å². The fourth-order valence-corrected chi connectivity index (χ4v) is 2.22. The van der Waals surface area contributed by atoms with Crippen LogP contribution in [0, 0.1) is 5.41 Å². The Bertz CT molecular complexity index is 548. The monoisotopic (exact) mass is 274 g/mol. The van der Waals surface area contributed by atoms with E-state index in [4.69, 9.17) is 10.8 Å². The molecule has 0 heterocycles. The first-order valence-electron chi connectivity index (χ1n) is 6.57. The molecule has 1 aliphatic carbocycles. The van der Waals surface area contributed by atoms with Gasteiger partial charge in [0.2, 0.25) is 5.91 Å². The van der Waals surface area contributed by atoms with Gasteiger partial charge in [-0.2, -0.15) is 0 Å². The summed E-state index contributed by atoms with van der Waals surface area (Å²) in [6.45, 7) is 0.183. The van der Waals surface area contributed by atoms with Gasteiger partial charge in [0.15, 0.2) is 0 Å². The highest BCUT2D eigenvalue weighted by Crippen LogP contribution is 2.40. The predicted molar refractivity (Wildman–Crippen MR) is 76.8 cm³/mol. The van der Waals surface area contributed by atoms with E-state index in [2.05, 4.69) is 5.32 Å². The molecule has 5 nitrogen and oxygen atoms in total. The summed E-state index contributed by atoms with van der Waals surface area (Å²) < 4.78 is 0. The van der Waals surface area contributed by atoms with Gasteiger partial charge in [-0.25, -0.2) is 0 Å². The molecular formula is C15H18N2O3. The van der Waals surface area contributed by atoms with Gasteiger partial charge < -0.3 is 16.2 Å². The first-order valence-corrected chi connectivity index (χ1v) is 6.57. The molecule has 0 saturated heterocycles. The Morgan fingerprint density at radius 2 is 2.15 bits per heavy atom. The third-order valence-electron chi connectivity index (χ3n) is 3.70. The second-order valence-electron chi connectivity index (χ2n) is 5.16. The quantitative estimate of drug-likeness (QED) is 0.562. The molecule has 20 heavy (non-hydrogen) atoms. The minimum Gasteiger partial charge on any atom is -0.481 e. The van der Waals surface area contributed by atoms with Gasteiger partial charge in [0, 0.05) is 18.3 Å². The number of anilines is 1. The van der Waals surface area contributed by atoms with Crippen LogP contribution in [0.25, 0.3) is 6.08 Å². The maximum Gasteiger partial charge on any atom is 0.311 e. The number of carbonyl (C=O) groups excluding carboxylic acids is 1. The molecule has 0 aliphatic heterocycles. The average molecular weight is 274 g/mol. The van der Waals surface area contributed by atoms with E-state index >= 15 is 0 Å². The molecule has 0 spiro atoms. The molecule has 4 N–H and O–H groups in total. The summed E-state index contributed by atoms with van der Waals surface area (Å²) in [5, 5.41) is 11.8. The van der Waals surface area contributed by atoms with Crippen molar-refractivity contribution in [1.82, 2.24) is 5.32 Å². The van der Waals surface area contributed by atoms with Crippen molar-refractivity contribution in [2.24, 2.45) is 5.41 Å². The first-order chi connectivity index (χ1) is 9.52. The standard InChI is InChI=1S/C15H18N2O3/c16-12-4-1-3-11(9-12)5-6-13(18)17-10-15(14(19)20)7-2-8-15/h1,3-6,9H,2,7-8,10,16H2,(H,17,18)(H,19,20)/b6-5+. The van der Waals surface area contributed by atoms with Crippen molar-refractivity contribution in [1.29, 1.82) is 0 Å². The van der Waals surface area contributed by atoms with Crippen LogP contribution in [-0.4, -0.2) is 23.5 Å². The molecule has 0 unspecified atom stereocenters. The summed E-state index contributed by atoms with van der Waals surface area (Å²) in [4.78, 5) is 22.8. The van der Waals surface area contributed by atoms with Crippen molar-refractivity contribution in [2.45, 2.75) is 19.3 Å². The molecule has 0 aromatic heterocycles. The molecule has 1 fully saturated rings. The van der Waals surface area contributed by atoms with E-state index in [1.54, 1.807) is 24.3 Å². The molecule has 5 heteroatoms. The van der Waals surface area contributed by atoms with E-state index in [-0.39, 0.29) is 12.5 Å². The summed E-state index contributed by atoms with van der Waals surface area (Å²) in [7, 11) is 0. The van der Waals surface area contributed by atoms with Crippen LogP contribution >= 0.6 is 0 Å². The van der Waals surface area contributed by atoms with Crippen molar-refractivity contribution in [3.05, 3.63) is 35.9 Å². The van der Waals surface area contributed by atoms with Crippen LogP contribution < -0.4 is 11.1 Å². The van der Waals surface area contributed by atoms with Crippen molar-refractivity contribution >= 4 is 23.6 Å². The predicted octanol–water partition coefficient (Wildman–Crippen LogP) is 1.65.